The van der Waals surface area contributed by atoms with Crippen LogP contribution in [0.2, 0.25) is 0 Å². The van der Waals surface area contributed by atoms with Crippen molar-refractivity contribution >= 4 is 11.7 Å². The molecule has 2 aromatic carbocycles. The third-order valence-corrected chi connectivity index (χ3v) is 8.17. The van der Waals surface area contributed by atoms with E-state index in [1.54, 1.807) is 0 Å². The van der Waals surface area contributed by atoms with Gasteiger partial charge in [0.2, 0.25) is 0 Å². The number of aliphatic carboxylic acids is 1. The Bertz CT molecular complexity index is 1030. The van der Waals surface area contributed by atoms with Crippen molar-refractivity contribution in [3.63, 3.8) is 0 Å². The van der Waals surface area contributed by atoms with Gasteiger partial charge in [0.15, 0.2) is 0 Å². The molecule has 0 spiro atoms. The van der Waals surface area contributed by atoms with Crippen LogP contribution in [-0.4, -0.2) is 23.4 Å². The molecule has 0 aliphatic heterocycles. The van der Waals surface area contributed by atoms with E-state index in [2.05, 4.69) is 68.4 Å². The molecule has 0 amide bonds. The van der Waals surface area contributed by atoms with Gasteiger partial charge in [-0.1, -0.05) is 74.8 Å². The van der Waals surface area contributed by atoms with Crippen molar-refractivity contribution in [3.05, 3.63) is 70.8 Å². The molecule has 4 rings (SSSR count). The molecule has 4 heteroatoms. The highest BCUT2D eigenvalue weighted by molar-refractivity contribution is 6.04. The number of benzene rings is 2. The minimum Gasteiger partial charge on any atom is -0.481 e. The van der Waals surface area contributed by atoms with E-state index in [-0.39, 0.29) is 11.3 Å². The first-order chi connectivity index (χ1) is 15.8. The van der Waals surface area contributed by atoms with Crippen LogP contribution < -0.4 is 0 Å². The average Bonchev–Trinajstić information content (AvgIpc) is 2.80. The van der Waals surface area contributed by atoms with Gasteiger partial charge < -0.3 is 9.94 Å². The number of carbonyl (C=O) groups is 1. The van der Waals surface area contributed by atoms with Crippen LogP contribution in [0, 0.1) is 11.3 Å². The Hall–Kier alpha value is -2.62. The predicted octanol–water partition coefficient (Wildman–Crippen LogP) is 6.72. The number of carboxylic acids is 1. The molecule has 2 aromatic rings. The number of hydrogen-bond donors (Lipinski definition) is 1. The molecular weight excluding hydrogens is 410 g/mol. The van der Waals surface area contributed by atoms with Crippen LogP contribution in [0.15, 0.2) is 53.7 Å². The Morgan fingerprint density at radius 3 is 2.61 bits per heavy atom. The van der Waals surface area contributed by atoms with Crippen LogP contribution in [0.1, 0.15) is 88.0 Å². The number of nitrogens with zero attached hydrogens (tertiary/aromatic N) is 1. The summed E-state index contributed by atoms with van der Waals surface area (Å²) >= 11 is 0. The zero-order chi connectivity index (χ0) is 23.6. The maximum atomic E-state index is 12.4. The lowest BCUT2D eigenvalue weighted by Gasteiger charge is -2.53. The topological polar surface area (TPSA) is 58.9 Å². The van der Waals surface area contributed by atoms with E-state index in [4.69, 9.17) is 4.84 Å². The largest absolute Gasteiger partial charge is 0.481 e. The molecule has 0 heterocycles. The van der Waals surface area contributed by atoms with Crippen LogP contribution in [0.4, 0.5) is 0 Å². The van der Waals surface area contributed by atoms with Crippen LogP contribution in [0.5, 0.6) is 0 Å². The highest BCUT2D eigenvalue weighted by Gasteiger charge is 2.56. The second-order valence-electron chi connectivity index (χ2n) is 10.7. The van der Waals surface area contributed by atoms with Crippen molar-refractivity contribution < 1.29 is 14.7 Å². The number of aryl methyl sites for hydroxylation is 1. The normalized spacial score (nSPS) is 27.8. The summed E-state index contributed by atoms with van der Waals surface area (Å²) in [5, 5.41) is 14.8. The molecule has 1 N–H and O–H groups in total. The molecule has 33 heavy (non-hydrogen) atoms. The van der Waals surface area contributed by atoms with Gasteiger partial charge in [-0.05, 0) is 79.0 Å². The van der Waals surface area contributed by atoms with E-state index in [9.17, 15) is 9.90 Å². The number of oxime groups is 1. The fraction of sp³-hybridized carbons (Fsp3) is 0.517. The second-order valence-corrected chi connectivity index (χ2v) is 10.7. The SMILES string of the molecule is CC(C)c1ccc2c(c1)/C(=N/OCCCc1ccccc1)C[C@H]1[C@](C)(C(=O)O)CCC[C@]21C. The van der Waals surface area contributed by atoms with E-state index in [0.29, 0.717) is 25.4 Å². The van der Waals surface area contributed by atoms with Gasteiger partial charge in [0.05, 0.1) is 11.1 Å². The van der Waals surface area contributed by atoms with E-state index in [1.807, 2.05) is 13.0 Å². The Labute approximate surface area is 198 Å². The molecule has 1 saturated carbocycles. The third-order valence-electron chi connectivity index (χ3n) is 8.17. The Morgan fingerprint density at radius 1 is 1.15 bits per heavy atom. The fourth-order valence-electron chi connectivity index (χ4n) is 6.06. The molecule has 176 valence electrons. The van der Waals surface area contributed by atoms with Gasteiger partial charge in [-0.2, -0.15) is 0 Å². The summed E-state index contributed by atoms with van der Waals surface area (Å²) in [7, 11) is 0. The average molecular weight is 448 g/mol. The predicted molar refractivity (Wildman–Crippen MR) is 133 cm³/mol. The zero-order valence-corrected chi connectivity index (χ0v) is 20.4. The lowest BCUT2D eigenvalue weighted by atomic mass is 9.49. The van der Waals surface area contributed by atoms with Gasteiger partial charge in [-0.25, -0.2) is 0 Å². The maximum absolute atomic E-state index is 12.4. The summed E-state index contributed by atoms with van der Waals surface area (Å²) in [6.07, 6.45) is 5.16. The standard InChI is InChI=1S/C29H37NO3/c1-20(2)22-13-14-24-23(18-22)25(30-33-17-8-12-21-10-6-5-7-11-21)19-26-28(24,3)15-9-16-29(26,4)27(31)32/h5-7,10-11,13-14,18,20,26H,8-9,12,15-17,19H2,1-4H3,(H,31,32)/b30-25+/t26-,28-,29-/m1/s1. The molecule has 1 fully saturated rings. The van der Waals surface area contributed by atoms with Crippen LogP contribution in [0.25, 0.3) is 0 Å². The number of rotatable bonds is 7. The van der Waals surface area contributed by atoms with Gasteiger partial charge in [-0.15, -0.1) is 0 Å². The van der Waals surface area contributed by atoms with Gasteiger partial charge >= 0.3 is 5.97 Å². The molecule has 4 nitrogen and oxygen atoms in total. The maximum Gasteiger partial charge on any atom is 0.309 e. The van der Waals surface area contributed by atoms with E-state index < -0.39 is 11.4 Å². The Morgan fingerprint density at radius 2 is 1.91 bits per heavy atom. The Kier molecular flexibility index (Phi) is 6.65. The zero-order valence-electron chi connectivity index (χ0n) is 20.4. The van der Waals surface area contributed by atoms with Crippen molar-refractivity contribution in [2.24, 2.45) is 16.5 Å². The molecule has 2 aliphatic carbocycles. The van der Waals surface area contributed by atoms with Crippen molar-refractivity contribution in [3.8, 4) is 0 Å². The van der Waals surface area contributed by atoms with Crippen LogP contribution >= 0.6 is 0 Å². The fourth-order valence-corrected chi connectivity index (χ4v) is 6.06. The number of fused-ring (bicyclic) bond motifs is 3. The molecule has 0 saturated heterocycles. The lowest BCUT2D eigenvalue weighted by molar-refractivity contribution is -0.156. The highest BCUT2D eigenvalue weighted by atomic mass is 16.6. The molecule has 0 unspecified atom stereocenters. The first kappa shape index (κ1) is 23.5. The van der Waals surface area contributed by atoms with Crippen molar-refractivity contribution in [2.75, 3.05) is 6.61 Å². The van der Waals surface area contributed by atoms with Gasteiger partial charge in [0.1, 0.15) is 6.61 Å². The Balaban J connectivity index is 1.63. The summed E-state index contributed by atoms with van der Waals surface area (Å²) in [5.74, 6) is -0.270. The van der Waals surface area contributed by atoms with E-state index in [1.165, 1.54) is 16.7 Å². The van der Waals surface area contributed by atoms with Crippen LogP contribution in [-0.2, 0) is 21.5 Å². The first-order valence-corrected chi connectivity index (χ1v) is 12.4. The highest BCUT2D eigenvalue weighted by Crippen LogP contribution is 2.57. The summed E-state index contributed by atoms with van der Waals surface area (Å²) in [5.41, 5.74) is 4.96. The second kappa shape index (κ2) is 9.32. The van der Waals surface area contributed by atoms with Gasteiger partial charge in [-0.3, -0.25) is 4.79 Å². The van der Waals surface area contributed by atoms with Crippen molar-refractivity contribution in [2.45, 2.75) is 77.6 Å². The van der Waals surface area contributed by atoms with Crippen molar-refractivity contribution in [1.82, 2.24) is 0 Å². The molecule has 0 bridgehead atoms. The number of carboxylic acid groups (broad SMARTS) is 1. The minimum absolute atomic E-state index is 0.000295. The van der Waals surface area contributed by atoms with E-state index >= 15 is 0 Å². The smallest absolute Gasteiger partial charge is 0.309 e. The molecule has 2 aliphatic rings. The number of hydrogen-bond acceptors (Lipinski definition) is 3. The third kappa shape index (κ3) is 4.45. The van der Waals surface area contributed by atoms with Gasteiger partial charge in [0.25, 0.3) is 0 Å². The van der Waals surface area contributed by atoms with Crippen molar-refractivity contribution in [1.29, 1.82) is 0 Å². The quantitative estimate of drug-likeness (QED) is 0.379. The summed E-state index contributed by atoms with van der Waals surface area (Å²) in [6.45, 7) is 9.16. The van der Waals surface area contributed by atoms with Gasteiger partial charge in [0, 0.05) is 5.56 Å². The summed E-state index contributed by atoms with van der Waals surface area (Å²) in [4.78, 5) is 18.2. The summed E-state index contributed by atoms with van der Waals surface area (Å²) in [6, 6.07) is 17.1. The van der Waals surface area contributed by atoms with Crippen LogP contribution in [0.3, 0.4) is 0 Å². The molecular formula is C29H37NO3. The lowest BCUT2D eigenvalue weighted by Crippen LogP contribution is -2.53. The molecule has 3 atom stereocenters. The van der Waals surface area contributed by atoms with E-state index in [0.717, 1.165) is 37.0 Å². The first-order valence-electron chi connectivity index (χ1n) is 12.4. The molecule has 0 aromatic heterocycles. The summed E-state index contributed by atoms with van der Waals surface area (Å²) < 4.78 is 0. The molecule has 0 radical (unpaired) electrons. The minimum atomic E-state index is -0.754. The monoisotopic (exact) mass is 447 g/mol.